The predicted molar refractivity (Wildman–Crippen MR) is 74.9 cm³/mol. The summed E-state index contributed by atoms with van der Waals surface area (Å²) in [4.78, 5) is 23.3. The lowest BCUT2D eigenvalue weighted by atomic mass is 10.1. The second-order valence-corrected chi connectivity index (χ2v) is 4.60. The summed E-state index contributed by atoms with van der Waals surface area (Å²) >= 11 is 0. The van der Waals surface area contributed by atoms with E-state index in [1.165, 1.54) is 24.3 Å². The van der Waals surface area contributed by atoms with Crippen LogP contribution >= 0.6 is 0 Å². The lowest BCUT2D eigenvalue weighted by Crippen LogP contribution is -2.25. The van der Waals surface area contributed by atoms with E-state index >= 15 is 0 Å². The molecule has 0 bridgehead atoms. The van der Waals surface area contributed by atoms with Crippen LogP contribution in [-0.4, -0.2) is 18.4 Å². The van der Waals surface area contributed by atoms with Crippen LogP contribution in [-0.2, 0) is 4.79 Å². The fourth-order valence-electron chi connectivity index (χ4n) is 2.03. The third-order valence-corrected chi connectivity index (χ3v) is 3.08. The number of amides is 2. The van der Waals surface area contributed by atoms with Crippen molar-refractivity contribution in [3.05, 3.63) is 53.6 Å². The van der Waals surface area contributed by atoms with E-state index in [0.717, 1.165) is 12.1 Å². The van der Waals surface area contributed by atoms with E-state index in [1.807, 2.05) is 0 Å². The SMILES string of the molecule is O=C1COc2ccc(C(=O)Nc3c(F)cccc3F)cc2N1. The summed E-state index contributed by atoms with van der Waals surface area (Å²) in [5.41, 5.74) is -0.0596. The second-order valence-electron chi connectivity index (χ2n) is 4.60. The molecule has 7 heteroatoms. The molecule has 0 radical (unpaired) electrons. The summed E-state index contributed by atoms with van der Waals surface area (Å²) in [6, 6.07) is 7.59. The van der Waals surface area contributed by atoms with Gasteiger partial charge in [0.05, 0.1) is 5.69 Å². The van der Waals surface area contributed by atoms with Crippen molar-refractivity contribution in [3.8, 4) is 5.75 Å². The van der Waals surface area contributed by atoms with Crippen molar-refractivity contribution >= 4 is 23.2 Å². The van der Waals surface area contributed by atoms with Gasteiger partial charge in [0.15, 0.2) is 6.61 Å². The molecule has 0 aromatic heterocycles. The van der Waals surface area contributed by atoms with E-state index in [9.17, 15) is 18.4 Å². The van der Waals surface area contributed by atoms with Gasteiger partial charge in [0.25, 0.3) is 11.8 Å². The highest BCUT2D eigenvalue weighted by atomic mass is 19.1. The number of hydrogen-bond acceptors (Lipinski definition) is 3. The Bertz CT molecular complexity index is 757. The monoisotopic (exact) mass is 304 g/mol. The Labute approximate surface area is 123 Å². The molecule has 0 aliphatic carbocycles. The molecule has 1 aliphatic rings. The lowest BCUT2D eigenvalue weighted by molar-refractivity contribution is -0.118. The van der Waals surface area contributed by atoms with Crippen LogP contribution in [0.4, 0.5) is 20.2 Å². The van der Waals surface area contributed by atoms with Gasteiger partial charge >= 0.3 is 0 Å². The van der Waals surface area contributed by atoms with Crippen molar-refractivity contribution in [3.63, 3.8) is 0 Å². The molecule has 2 amide bonds. The Morgan fingerprint density at radius 1 is 1.18 bits per heavy atom. The van der Waals surface area contributed by atoms with Crippen LogP contribution in [0.15, 0.2) is 36.4 Å². The Kier molecular flexibility index (Phi) is 3.46. The number of halogens is 2. The smallest absolute Gasteiger partial charge is 0.262 e. The number of hydrogen-bond donors (Lipinski definition) is 2. The summed E-state index contributed by atoms with van der Waals surface area (Å²) in [5, 5.41) is 4.72. The first-order chi connectivity index (χ1) is 10.5. The van der Waals surface area contributed by atoms with Crippen LogP contribution in [0.5, 0.6) is 5.75 Å². The van der Waals surface area contributed by atoms with Crippen LogP contribution in [0.1, 0.15) is 10.4 Å². The molecule has 1 heterocycles. The van der Waals surface area contributed by atoms with E-state index in [2.05, 4.69) is 10.6 Å². The topological polar surface area (TPSA) is 67.4 Å². The zero-order valence-corrected chi connectivity index (χ0v) is 11.2. The van der Waals surface area contributed by atoms with Crippen molar-refractivity contribution in [2.75, 3.05) is 17.2 Å². The van der Waals surface area contributed by atoms with Gasteiger partial charge in [0.1, 0.15) is 23.1 Å². The molecule has 1 aliphatic heterocycles. The molecule has 5 nitrogen and oxygen atoms in total. The number of para-hydroxylation sites is 1. The summed E-state index contributed by atoms with van der Waals surface area (Å²) in [7, 11) is 0. The molecule has 2 N–H and O–H groups in total. The maximum atomic E-state index is 13.5. The first-order valence-electron chi connectivity index (χ1n) is 6.36. The molecule has 0 saturated carbocycles. The van der Waals surface area contributed by atoms with Crippen molar-refractivity contribution < 1.29 is 23.1 Å². The Hall–Kier alpha value is -2.96. The average Bonchev–Trinajstić information content (AvgIpc) is 2.50. The van der Waals surface area contributed by atoms with Gasteiger partial charge in [-0.2, -0.15) is 0 Å². The summed E-state index contributed by atoms with van der Waals surface area (Å²) in [5.74, 6) is -2.36. The summed E-state index contributed by atoms with van der Waals surface area (Å²) < 4.78 is 32.2. The number of carbonyl (C=O) groups is 2. The number of carbonyl (C=O) groups excluding carboxylic acids is 2. The number of anilines is 2. The molecule has 0 atom stereocenters. The molecular formula is C15H10F2N2O3. The minimum Gasteiger partial charge on any atom is -0.482 e. The van der Waals surface area contributed by atoms with Gasteiger partial charge in [-0.3, -0.25) is 9.59 Å². The fraction of sp³-hybridized carbons (Fsp3) is 0.0667. The van der Waals surface area contributed by atoms with Crippen molar-refractivity contribution in [1.82, 2.24) is 0 Å². The van der Waals surface area contributed by atoms with Gasteiger partial charge in [-0.1, -0.05) is 6.07 Å². The van der Waals surface area contributed by atoms with Crippen molar-refractivity contribution in [2.45, 2.75) is 0 Å². The highest BCUT2D eigenvalue weighted by Gasteiger charge is 2.19. The average molecular weight is 304 g/mol. The zero-order chi connectivity index (χ0) is 15.7. The molecule has 0 fully saturated rings. The van der Waals surface area contributed by atoms with Crippen LogP contribution in [0.3, 0.4) is 0 Å². The molecule has 0 saturated heterocycles. The van der Waals surface area contributed by atoms with Gasteiger partial charge in [0.2, 0.25) is 0 Å². The fourth-order valence-corrected chi connectivity index (χ4v) is 2.03. The quantitative estimate of drug-likeness (QED) is 0.896. The van der Waals surface area contributed by atoms with E-state index in [1.54, 1.807) is 0 Å². The van der Waals surface area contributed by atoms with E-state index in [-0.39, 0.29) is 18.1 Å². The van der Waals surface area contributed by atoms with Crippen LogP contribution in [0, 0.1) is 11.6 Å². The van der Waals surface area contributed by atoms with E-state index < -0.39 is 23.2 Å². The standard InChI is InChI=1S/C15H10F2N2O3/c16-9-2-1-3-10(17)14(9)19-15(21)8-4-5-12-11(6-8)18-13(20)7-22-12/h1-6H,7H2,(H,18,20)(H,19,21). The van der Waals surface area contributed by atoms with E-state index in [0.29, 0.717) is 11.4 Å². The molecule has 22 heavy (non-hydrogen) atoms. The first-order valence-corrected chi connectivity index (χ1v) is 6.36. The van der Waals surface area contributed by atoms with Crippen LogP contribution < -0.4 is 15.4 Å². The number of rotatable bonds is 2. The molecule has 2 aromatic carbocycles. The molecule has 0 unspecified atom stereocenters. The number of benzene rings is 2. The predicted octanol–water partition coefficient (Wildman–Crippen LogP) is 2.55. The minimum atomic E-state index is -0.872. The first kappa shape index (κ1) is 14.0. The minimum absolute atomic E-state index is 0.0982. The van der Waals surface area contributed by atoms with E-state index in [4.69, 9.17) is 4.74 Å². The Morgan fingerprint density at radius 3 is 2.64 bits per heavy atom. The molecule has 0 spiro atoms. The third kappa shape index (κ3) is 2.60. The summed E-state index contributed by atoms with van der Waals surface area (Å²) in [6.45, 7) is -0.0982. The largest absolute Gasteiger partial charge is 0.482 e. The van der Waals surface area contributed by atoms with Gasteiger partial charge in [0, 0.05) is 5.56 Å². The Morgan fingerprint density at radius 2 is 1.91 bits per heavy atom. The number of nitrogens with one attached hydrogen (secondary N) is 2. The Balaban J connectivity index is 1.87. The van der Waals surface area contributed by atoms with Crippen LogP contribution in [0.25, 0.3) is 0 Å². The zero-order valence-electron chi connectivity index (χ0n) is 11.2. The second kappa shape index (κ2) is 5.44. The highest BCUT2D eigenvalue weighted by molar-refractivity contribution is 6.06. The van der Waals surface area contributed by atoms with Gasteiger partial charge in [-0.15, -0.1) is 0 Å². The maximum Gasteiger partial charge on any atom is 0.262 e. The molecule has 3 rings (SSSR count). The van der Waals surface area contributed by atoms with Crippen molar-refractivity contribution in [2.24, 2.45) is 0 Å². The van der Waals surface area contributed by atoms with Gasteiger partial charge in [-0.25, -0.2) is 8.78 Å². The number of ether oxygens (including phenoxy) is 1. The molecule has 112 valence electrons. The molecule has 2 aromatic rings. The lowest BCUT2D eigenvalue weighted by Gasteiger charge is -2.18. The number of fused-ring (bicyclic) bond motifs is 1. The van der Waals surface area contributed by atoms with Gasteiger partial charge < -0.3 is 15.4 Å². The van der Waals surface area contributed by atoms with Crippen molar-refractivity contribution in [1.29, 1.82) is 0 Å². The van der Waals surface area contributed by atoms with Crippen LogP contribution in [0.2, 0.25) is 0 Å². The third-order valence-electron chi connectivity index (χ3n) is 3.08. The maximum absolute atomic E-state index is 13.5. The highest BCUT2D eigenvalue weighted by Crippen LogP contribution is 2.29. The molecular weight excluding hydrogens is 294 g/mol. The summed E-state index contributed by atoms with van der Waals surface area (Å²) in [6.07, 6.45) is 0. The van der Waals surface area contributed by atoms with Gasteiger partial charge in [-0.05, 0) is 30.3 Å². The normalized spacial score (nSPS) is 12.9.